The van der Waals surface area contributed by atoms with Crippen LogP contribution in [0.4, 0.5) is 4.79 Å². The molecule has 2 unspecified atom stereocenters. The van der Waals surface area contributed by atoms with Crippen molar-refractivity contribution in [1.29, 1.82) is 0 Å². The van der Waals surface area contributed by atoms with E-state index in [1.165, 1.54) is 0 Å². The molecule has 0 spiro atoms. The van der Waals surface area contributed by atoms with Gasteiger partial charge in [0.15, 0.2) is 6.29 Å². The molecule has 80 valence electrons. The van der Waals surface area contributed by atoms with E-state index in [0.717, 1.165) is 6.42 Å². The first-order valence-electron chi connectivity index (χ1n) is 4.58. The summed E-state index contributed by atoms with van der Waals surface area (Å²) in [5.41, 5.74) is 5.03. The van der Waals surface area contributed by atoms with E-state index in [1.807, 2.05) is 0 Å². The maximum absolute atomic E-state index is 11.0. The molecule has 2 fully saturated rings. The molecule has 6 heteroatoms. The Balaban J connectivity index is 1.83. The van der Waals surface area contributed by atoms with Gasteiger partial charge in [-0.15, -0.1) is 0 Å². The summed E-state index contributed by atoms with van der Waals surface area (Å²) in [4.78, 5) is 11.0. The zero-order valence-corrected chi connectivity index (χ0v) is 7.68. The van der Waals surface area contributed by atoms with Gasteiger partial charge in [0.1, 0.15) is 12.8 Å². The summed E-state index contributed by atoms with van der Waals surface area (Å²) in [6.07, 6.45) is -0.369. The summed E-state index contributed by atoms with van der Waals surface area (Å²) in [6.45, 7) is 0.854. The zero-order chi connectivity index (χ0) is 9.97. The third-order valence-electron chi connectivity index (χ3n) is 2.43. The fourth-order valence-corrected chi connectivity index (χ4v) is 1.77. The van der Waals surface area contributed by atoms with Crippen LogP contribution in [0.3, 0.4) is 0 Å². The highest BCUT2D eigenvalue weighted by Crippen LogP contribution is 2.32. The van der Waals surface area contributed by atoms with Gasteiger partial charge in [-0.3, -0.25) is 5.73 Å². The van der Waals surface area contributed by atoms with E-state index < -0.39 is 6.16 Å². The van der Waals surface area contributed by atoms with Crippen molar-refractivity contribution in [3.05, 3.63) is 0 Å². The summed E-state index contributed by atoms with van der Waals surface area (Å²) < 4.78 is 20.0. The number of nitrogens with two attached hydrogens (primary N) is 1. The maximum Gasteiger partial charge on any atom is 0.509 e. The lowest BCUT2D eigenvalue weighted by atomic mass is 10.0. The SMILES string of the molecule is NCOC(=O)O[C@H]1COC2OCCC21. The molecule has 0 radical (unpaired) electrons. The largest absolute Gasteiger partial charge is 0.509 e. The Morgan fingerprint density at radius 1 is 1.50 bits per heavy atom. The molecule has 0 bridgehead atoms. The Labute approximate surface area is 81.2 Å². The van der Waals surface area contributed by atoms with E-state index in [1.54, 1.807) is 0 Å². The number of hydrogen-bond donors (Lipinski definition) is 1. The molecule has 0 saturated carbocycles. The van der Waals surface area contributed by atoms with Gasteiger partial charge in [0.05, 0.1) is 19.1 Å². The van der Waals surface area contributed by atoms with Gasteiger partial charge in [0.2, 0.25) is 0 Å². The van der Waals surface area contributed by atoms with Crippen LogP contribution < -0.4 is 5.73 Å². The van der Waals surface area contributed by atoms with Crippen LogP contribution in [0, 0.1) is 5.92 Å². The summed E-state index contributed by atoms with van der Waals surface area (Å²) in [5.74, 6) is 0.139. The molecule has 2 heterocycles. The quantitative estimate of drug-likeness (QED) is 0.495. The van der Waals surface area contributed by atoms with E-state index in [-0.39, 0.29) is 25.0 Å². The molecule has 6 nitrogen and oxygen atoms in total. The predicted octanol–water partition coefficient (Wildman–Crippen LogP) is -0.183. The lowest BCUT2D eigenvalue weighted by Gasteiger charge is -2.14. The minimum atomic E-state index is -0.742. The van der Waals surface area contributed by atoms with Crippen LogP contribution in [0.25, 0.3) is 0 Å². The monoisotopic (exact) mass is 203 g/mol. The van der Waals surface area contributed by atoms with Gasteiger partial charge < -0.3 is 18.9 Å². The van der Waals surface area contributed by atoms with Crippen LogP contribution in [0.2, 0.25) is 0 Å². The van der Waals surface area contributed by atoms with Crippen LogP contribution in [-0.4, -0.2) is 38.5 Å². The number of carbonyl (C=O) groups is 1. The number of ether oxygens (including phenoxy) is 4. The van der Waals surface area contributed by atoms with Crippen LogP contribution in [0.1, 0.15) is 6.42 Å². The first kappa shape index (κ1) is 9.70. The third-order valence-corrected chi connectivity index (χ3v) is 2.43. The highest BCUT2D eigenvalue weighted by Gasteiger charge is 2.44. The van der Waals surface area contributed by atoms with Crippen molar-refractivity contribution in [3.63, 3.8) is 0 Å². The van der Waals surface area contributed by atoms with Gasteiger partial charge >= 0.3 is 6.16 Å². The van der Waals surface area contributed by atoms with Gasteiger partial charge in [0, 0.05) is 0 Å². The van der Waals surface area contributed by atoms with Crippen molar-refractivity contribution in [2.24, 2.45) is 11.7 Å². The summed E-state index contributed by atoms with van der Waals surface area (Å²) in [6, 6.07) is 0. The first-order chi connectivity index (χ1) is 6.81. The second kappa shape index (κ2) is 4.12. The molecule has 0 aromatic carbocycles. The standard InChI is InChI=1S/C8H13NO5/c9-4-13-8(10)14-6-3-12-7-5(6)1-2-11-7/h5-7H,1-4,9H2/t5?,6-,7?/m0/s1. The van der Waals surface area contributed by atoms with Crippen molar-refractivity contribution in [1.82, 2.24) is 0 Å². The molecule has 0 aromatic rings. The fraction of sp³-hybridized carbons (Fsp3) is 0.875. The lowest BCUT2D eigenvalue weighted by Crippen LogP contribution is -2.27. The van der Waals surface area contributed by atoms with Crippen molar-refractivity contribution >= 4 is 6.16 Å². The molecule has 3 atom stereocenters. The zero-order valence-electron chi connectivity index (χ0n) is 7.68. The Morgan fingerprint density at radius 3 is 3.14 bits per heavy atom. The molecule has 2 rings (SSSR count). The Kier molecular flexibility index (Phi) is 2.85. The molecule has 0 amide bonds. The molecular weight excluding hydrogens is 190 g/mol. The molecular formula is C8H13NO5. The van der Waals surface area contributed by atoms with Crippen molar-refractivity contribution < 1.29 is 23.7 Å². The molecule has 2 aliphatic rings. The van der Waals surface area contributed by atoms with Gasteiger partial charge in [0.25, 0.3) is 0 Å². The average Bonchev–Trinajstić information content (AvgIpc) is 2.70. The van der Waals surface area contributed by atoms with E-state index in [9.17, 15) is 4.79 Å². The fourth-order valence-electron chi connectivity index (χ4n) is 1.77. The van der Waals surface area contributed by atoms with Gasteiger partial charge in [-0.25, -0.2) is 4.79 Å². The Morgan fingerprint density at radius 2 is 2.36 bits per heavy atom. The van der Waals surface area contributed by atoms with Gasteiger partial charge in [-0.05, 0) is 6.42 Å². The average molecular weight is 203 g/mol. The van der Waals surface area contributed by atoms with Crippen LogP contribution in [0.15, 0.2) is 0 Å². The maximum atomic E-state index is 11.0. The molecule has 0 aliphatic carbocycles. The lowest BCUT2D eigenvalue weighted by molar-refractivity contribution is -0.0908. The Hall–Kier alpha value is -0.850. The third kappa shape index (κ3) is 1.82. The smallest absolute Gasteiger partial charge is 0.428 e. The number of hydrogen-bond acceptors (Lipinski definition) is 6. The van der Waals surface area contributed by atoms with Gasteiger partial charge in [-0.2, -0.15) is 0 Å². The molecule has 2 saturated heterocycles. The topological polar surface area (TPSA) is 80.0 Å². The number of fused-ring (bicyclic) bond motifs is 1. The van der Waals surface area contributed by atoms with Crippen molar-refractivity contribution in [3.8, 4) is 0 Å². The number of carbonyl (C=O) groups excluding carboxylic acids is 1. The second-order valence-corrected chi connectivity index (χ2v) is 3.24. The minimum absolute atomic E-state index is 0.139. The Bertz CT molecular complexity index is 222. The minimum Gasteiger partial charge on any atom is -0.428 e. The predicted molar refractivity (Wildman–Crippen MR) is 44.2 cm³/mol. The first-order valence-corrected chi connectivity index (χ1v) is 4.58. The normalized spacial score (nSPS) is 35.4. The molecule has 0 aromatic heterocycles. The summed E-state index contributed by atoms with van der Waals surface area (Å²) >= 11 is 0. The van der Waals surface area contributed by atoms with E-state index in [2.05, 4.69) is 4.74 Å². The van der Waals surface area contributed by atoms with Crippen molar-refractivity contribution in [2.75, 3.05) is 19.9 Å². The highest BCUT2D eigenvalue weighted by atomic mass is 16.8. The van der Waals surface area contributed by atoms with E-state index >= 15 is 0 Å². The van der Waals surface area contributed by atoms with E-state index in [0.29, 0.717) is 13.2 Å². The number of rotatable bonds is 2. The van der Waals surface area contributed by atoms with Gasteiger partial charge in [-0.1, -0.05) is 0 Å². The summed E-state index contributed by atoms with van der Waals surface area (Å²) in [7, 11) is 0. The second-order valence-electron chi connectivity index (χ2n) is 3.24. The van der Waals surface area contributed by atoms with Crippen LogP contribution >= 0.6 is 0 Å². The van der Waals surface area contributed by atoms with Crippen LogP contribution in [-0.2, 0) is 18.9 Å². The molecule has 2 aliphatic heterocycles. The molecule has 2 N–H and O–H groups in total. The molecule has 14 heavy (non-hydrogen) atoms. The van der Waals surface area contributed by atoms with Crippen LogP contribution in [0.5, 0.6) is 0 Å². The van der Waals surface area contributed by atoms with E-state index in [4.69, 9.17) is 19.9 Å². The highest BCUT2D eigenvalue weighted by molar-refractivity contribution is 5.60. The summed E-state index contributed by atoms with van der Waals surface area (Å²) in [5, 5.41) is 0. The van der Waals surface area contributed by atoms with Crippen molar-refractivity contribution in [2.45, 2.75) is 18.8 Å².